The first-order valence-electron chi connectivity index (χ1n) is 5.80. The number of nitrogens with zero attached hydrogens (tertiary/aromatic N) is 4. The molecule has 0 unspecified atom stereocenters. The minimum atomic E-state index is -4.43. The summed E-state index contributed by atoms with van der Waals surface area (Å²) in [6, 6.07) is 2.21. The summed E-state index contributed by atoms with van der Waals surface area (Å²) in [7, 11) is 0. The highest BCUT2D eigenvalue weighted by Gasteiger charge is 2.30. The van der Waals surface area contributed by atoms with Gasteiger partial charge in [0.2, 0.25) is 11.9 Å². The van der Waals surface area contributed by atoms with Crippen molar-refractivity contribution in [2.24, 2.45) is 0 Å². The van der Waals surface area contributed by atoms with Gasteiger partial charge in [0.15, 0.2) is 5.82 Å². The van der Waals surface area contributed by atoms with Crippen LogP contribution in [0.1, 0.15) is 19.4 Å². The van der Waals surface area contributed by atoms with Crippen molar-refractivity contribution in [3.63, 3.8) is 0 Å². The second-order valence-corrected chi connectivity index (χ2v) is 4.41. The summed E-state index contributed by atoms with van der Waals surface area (Å²) in [6.45, 7) is 3.79. The monoisotopic (exact) mass is 286 g/mol. The van der Waals surface area contributed by atoms with Crippen molar-refractivity contribution in [1.29, 1.82) is 0 Å². The molecule has 0 aliphatic heterocycles. The minimum absolute atomic E-state index is 0.0420. The summed E-state index contributed by atoms with van der Waals surface area (Å²) < 4.78 is 38.5. The lowest BCUT2D eigenvalue weighted by molar-refractivity contribution is -0.137. The number of nitrogens with two attached hydrogens (primary N) is 1. The fourth-order valence-corrected chi connectivity index (χ4v) is 1.49. The lowest BCUT2D eigenvalue weighted by atomic mass is 10.3. The Balaban J connectivity index is 2.30. The van der Waals surface area contributed by atoms with Gasteiger partial charge in [-0.1, -0.05) is 0 Å². The lowest BCUT2D eigenvalue weighted by Gasteiger charge is -2.07. The molecule has 9 heteroatoms. The second kappa shape index (κ2) is 4.99. The maximum Gasteiger partial charge on any atom is 0.417 e. The topological polar surface area (TPSA) is 81.6 Å². The zero-order chi connectivity index (χ0) is 14.9. The van der Waals surface area contributed by atoms with E-state index in [4.69, 9.17) is 5.73 Å². The van der Waals surface area contributed by atoms with Crippen LogP contribution in [0.2, 0.25) is 0 Å². The van der Waals surface area contributed by atoms with Crippen LogP contribution in [-0.2, 0) is 6.18 Å². The predicted octanol–water partition coefficient (Wildman–Crippen LogP) is 2.08. The van der Waals surface area contributed by atoms with Gasteiger partial charge in [-0.15, -0.1) is 5.10 Å². The quantitative estimate of drug-likeness (QED) is 0.902. The Morgan fingerprint density at radius 1 is 1.30 bits per heavy atom. The smallest absolute Gasteiger partial charge is 0.368 e. The van der Waals surface area contributed by atoms with Crippen molar-refractivity contribution in [2.45, 2.75) is 26.1 Å². The normalized spacial score (nSPS) is 11.9. The first kappa shape index (κ1) is 14.1. The Kier molecular flexibility index (Phi) is 3.51. The summed E-state index contributed by atoms with van der Waals surface area (Å²) in [4.78, 5) is 7.66. The Morgan fingerprint density at radius 2 is 2.00 bits per heavy atom. The van der Waals surface area contributed by atoms with Crippen molar-refractivity contribution >= 4 is 11.9 Å². The van der Waals surface area contributed by atoms with Gasteiger partial charge in [0.05, 0.1) is 5.56 Å². The van der Waals surface area contributed by atoms with Crippen molar-refractivity contribution < 1.29 is 13.2 Å². The number of rotatable bonds is 3. The molecule has 108 valence electrons. The van der Waals surface area contributed by atoms with E-state index in [1.807, 2.05) is 13.8 Å². The van der Waals surface area contributed by atoms with Crippen LogP contribution in [0.15, 0.2) is 18.3 Å². The van der Waals surface area contributed by atoms with Crippen molar-refractivity contribution in [2.75, 3.05) is 11.1 Å². The van der Waals surface area contributed by atoms with Crippen LogP contribution in [0, 0.1) is 0 Å². The number of nitrogens with one attached hydrogen (secondary N) is 1. The fourth-order valence-electron chi connectivity index (χ4n) is 1.49. The zero-order valence-corrected chi connectivity index (χ0v) is 10.8. The van der Waals surface area contributed by atoms with Crippen LogP contribution in [0.25, 0.3) is 5.82 Å². The third-order valence-electron chi connectivity index (χ3n) is 2.34. The van der Waals surface area contributed by atoms with E-state index < -0.39 is 11.7 Å². The van der Waals surface area contributed by atoms with E-state index in [-0.39, 0.29) is 17.8 Å². The SMILES string of the molecule is CC(C)Nc1nc(N)n(-c2ccc(C(F)(F)F)cn2)n1. The van der Waals surface area contributed by atoms with Gasteiger partial charge in [0.25, 0.3) is 0 Å². The van der Waals surface area contributed by atoms with Gasteiger partial charge in [0.1, 0.15) is 0 Å². The average Bonchev–Trinajstić information content (AvgIpc) is 2.68. The van der Waals surface area contributed by atoms with E-state index in [9.17, 15) is 13.2 Å². The number of hydrogen-bond donors (Lipinski definition) is 2. The molecule has 0 aliphatic rings. The highest BCUT2D eigenvalue weighted by molar-refractivity contribution is 5.39. The fraction of sp³-hybridized carbons (Fsp3) is 0.364. The highest BCUT2D eigenvalue weighted by atomic mass is 19.4. The molecule has 0 bridgehead atoms. The van der Waals surface area contributed by atoms with Crippen LogP contribution >= 0.6 is 0 Å². The molecular formula is C11H13F3N6. The zero-order valence-electron chi connectivity index (χ0n) is 10.8. The molecule has 0 aliphatic carbocycles. The number of aromatic nitrogens is 4. The number of nitrogen functional groups attached to an aromatic ring is 1. The van der Waals surface area contributed by atoms with Crippen LogP contribution < -0.4 is 11.1 Å². The summed E-state index contributed by atoms with van der Waals surface area (Å²) in [5, 5.41) is 6.98. The van der Waals surface area contributed by atoms with Crippen molar-refractivity contribution in [3.8, 4) is 5.82 Å². The van der Waals surface area contributed by atoms with E-state index in [0.717, 1.165) is 12.3 Å². The Hall–Kier alpha value is -2.32. The molecule has 2 aromatic rings. The van der Waals surface area contributed by atoms with E-state index in [1.54, 1.807) is 0 Å². The third-order valence-corrected chi connectivity index (χ3v) is 2.34. The molecule has 0 spiro atoms. The number of alkyl halides is 3. The van der Waals surface area contributed by atoms with Crippen molar-refractivity contribution in [3.05, 3.63) is 23.9 Å². The molecule has 3 N–H and O–H groups in total. The van der Waals surface area contributed by atoms with Gasteiger partial charge < -0.3 is 11.1 Å². The number of halogens is 3. The van der Waals surface area contributed by atoms with Gasteiger partial charge in [-0.05, 0) is 26.0 Å². The first-order valence-corrected chi connectivity index (χ1v) is 5.80. The molecule has 0 amide bonds. The summed E-state index contributed by atoms with van der Waals surface area (Å²) in [6.07, 6.45) is -3.70. The standard InChI is InChI=1S/C11H13F3N6/c1-6(2)17-10-18-9(15)20(19-10)8-4-3-7(5-16-8)11(12,13)14/h3-6H,1-2H3,(H3,15,17,18,19). The largest absolute Gasteiger partial charge is 0.417 e. The molecular weight excluding hydrogens is 273 g/mol. The molecule has 0 saturated carbocycles. The van der Waals surface area contributed by atoms with Gasteiger partial charge in [0, 0.05) is 12.2 Å². The highest BCUT2D eigenvalue weighted by Crippen LogP contribution is 2.28. The van der Waals surface area contributed by atoms with Gasteiger partial charge in [-0.25, -0.2) is 4.98 Å². The van der Waals surface area contributed by atoms with Gasteiger partial charge in [-0.3, -0.25) is 0 Å². The number of hydrogen-bond acceptors (Lipinski definition) is 5. The maximum atomic E-state index is 12.4. The summed E-state index contributed by atoms with van der Waals surface area (Å²) >= 11 is 0. The van der Waals surface area contributed by atoms with Crippen LogP contribution in [0.3, 0.4) is 0 Å². The van der Waals surface area contributed by atoms with E-state index in [2.05, 4.69) is 20.4 Å². The van der Waals surface area contributed by atoms with Crippen LogP contribution in [-0.4, -0.2) is 25.8 Å². The Morgan fingerprint density at radius 3 is 2.50 bits per heavy atom. The van der Waals surface area contributed by atoms with Gasteiger partial charge >= 0.3 is 6.18 Å². The van der Waals surface area contributed by atoms with Crippen molar-refractivity contribution in [1.82, 2.24) is 19.7 Å². The molecule has 20 heavy (non-hydrogen) atoms. The third kappa shape index (κ3) is 2.98. The van der Waals surface area contributed by atoms with Gasteiger partial charge in [-0.2, -0.15) is 22.8 Å². The first-order chi connectivity index (χ1) is 9.27. The maximum absolute atomic E-state index is 12.4. The second-order valence-electron chi connectivity index (χ2n) is 4.41. The van der Waals surface area contributed by atoms with Crippen LogP contribution in [0.5, 0.6) is 0 Å². The molecule has 6 nitrogen and oxygen atoms in total. The molecule has 0 aromatic carbocycles. The number of pyridine rings is 1. The lowest BCUT2D eigenvalue weighted by Crippen LogP contribution is -2.11. The van der Waals surface area contributed by atoms with E-state index in [0.29, 0.717) is 5.95 Å². The molecule has 0 atom stereocenters. The Labute approximate surface area is 112 Å². The summed E-state index contributed by atoms with van der Waals surface area (Å²) in [5.74, 6) is 0.499. The molecule has 2 aromatic heterocycles. The van der Waals surface area contributed by atoms with E-state index in [1.165, 1.54) is 10.7 Å². The predicted molar refractivity (Wildman–Crippen MR) is 67.3 cm³/mol. The molecule has 2 heterocycles. The minimum Gasteiger partial charge on any atom is -0.368 e. The molecule has 0 radical (unpaired) electrons. The molecule has 0 fully saturated rings. The summed E-state index contributed by atoms with van der Waals surface area (Å²) in [5.41, 5.74) is 4.83. The number of anilines is 2. The molecule has 2 rings (SSSR count). The van der Waals surface area contributed by atoms with Crippen LogP contribution in [0.4, 0.5) is 25.1 Å². The average molecular weight is 286 g/mol. The molecule has 0 saturated heterocycles. The Bertz CT molecular complexity index is 587. The van der Waals surface area contributed by atoms with E-state index >= 15 is 0 Å².